The monoisotopic (exact) mass is 476 g/mol. The van der Waals surface area contributed by atoms with Gasteiger partial charge >= 0.3 is 0 Å². The lowest BCUT2D eigenvalue weighted by molar-refractivity contribution is 0.102. The van der Waals surface area contributed by atoms with E-state index in [0.29, 0.717) is 17.2 Å². The molecular formula is C19H18BrFN6OS. The van der Waals surface area contributed by atoms with Gasteiger partial charge in [-0.2, -0.15) is 0 Å². The van der Waals surface area contributed by atoms with Gasteiger partial charge in [-0.3, -0.25) is 9.69 Å². The van der Waals surface area contributed by atoms with Gasteiger partial charge in [-0.15, -0.1) is 10.2 Å². The van der Waals surface area contributed by atoms with E-state index in [0.717, 1.165) is 41.5 Å². The number of nitrogens with one attached hydrogen (secondary N) is 1. The van der Waals surface area contributed by atoms with Gasteiger partial charge in [-0.25, -0.2) is 9.37 Å². The number of piperazine rings is 1. The number of carbonyl (C=O) groups excluding carboxylic acids is 1. The third-order valence-electron chi connectivity index (χ3n) is 4.53. The second kappa shape index (κ2) is 8.93. The van der Waals surface area contributed by atoms with Crippen molar-refractivity contribution < 1.29 is 9.18 Å². The van der Waals surface area contributed by atoms with Crippen LogP contribution in [0.1, 0.15) is 14.8 Å². The van der Waals surface area contributed by atoms with Crippen LogP contribution in [0, 0.1) is 5.82 Å². The number of halogens is 2. The summed E-state index contributed by atoms with van der Waals surface area (Å²) in [5.74, 6) is 0.284. The van der Waals surface area contributed by atoms with Crippen LogP contribution in [-0.4, -0.2) is 52.2 Å². The van der Waals surface area contributed by atoms with E-state index >= 15 is 0 Å². The quantitative estimate of drug-likeness (QED) is 0.608. The highest BCUT2D eigenvalue weighted by molar-refractivity contribution is 9.10. The van der Waals surface area contributed by atoms with Crippen molar-refractivity contribution in [1.82, 2.24) is 20.1 Å². The Kier molecular flexibility index (Phi) is 6.12. The first-order chi connectivity index (χ1) is 14.1. The summed E-state index contributed by atoms with van der Waals surface area (Å²) in [6.45, 7) is 4.18. The molecule has 1 aromatic carbocycles. The lowest BCUT2D eigenvalue weighted by Gasteiger charge is -2.34. The molecule has 1 amide bonds. The predicted molar refractivity (Wildman–Crippen MR) is 114 cm³/mol. The SMILES string of the molecule is O=C(Nc1ccc(F)cc1)c1nnc(CN2CCN(c3ccc(Br)cn3)CC2)s1. The third kappa shape index (κ3) is 5.14. The number of hydrogen-bond acceptors (Lipinski definition) is 7. The van der Waals surface area contributed by atoms with E-state index in [9.17, 15) is 9.18 Å². The maximum Gasteiger partial charge on any atom is 0.286 e. The van der Waals surface area contributed by atoms with Crippen molar-refractivity contribution in [2.24, 2.45) is 0 Å². The van der Waals surface area contributed by atoms with Crippen molar-refractivity contribution in [2.75, 3.05) is 36.4 Å². The fourth-order valence-corrected chi connectivity index (χ4v) is 4.02. The Morgan fingerprint density at radius 2 is 1.86 bits per heavy atom. The highest BCUT2D eigenvalue weighted by atomic mass is 79.9. The highest BCUT2D eigenvalue weighted by Crippen LogP contribution is 2.19. The van der Waals surface area contributed by atoms with E-state index < -0.39 is 0 Å². The van der Waals surface area contributed by atoms with Crippen LogP contribution in [0.4, 0.5) is 15.9 Å². The summed E-state index contributed by atoms with van der Waals surface area (Å²) < 4.78 is 13.9. The van der Waals surface area contributed by atoms with Crippen LogP contribution in [0.3, 0.4) is 0 Å². The van der Waals surface area contributed by atoms with Gasteiger partial charge in [0.15, 0.2) is 0 Å². The Morgan fingerprint density at radius 1 is 1.10 bits per heavy atom. The largest absolute Gasteiger partial charge is 0.354 e. The first-order valence-electron chi connectivity index (χ1n) is 9.05. The zero-order valence-corrected chi connectivity index (χ0v) is 17.8. The van der Waals surface area contributed by atoms with Crippen LogP contribution in [0.15, 0.2) is 47.1 Å². The van der Waals surface area contributed by atoms with Gasteiger partial charge in [0.1, 0.15) is 16.6 Å². The van der Waals surface area contributed by atoms with Crippen molar-refractivity contribution in [1.29, 1.82) is 0 Å². The van der Waals surface area contributed by atoms with Gasteiger partial charge in [-0.05, 0) is 52.3 Å². The highest BCUT2D eigenvalue weighted by Gasteiger charge is 2.20. The molecule has 1 aliphatic rings. The molecule has 0 radical (unpaired) electrons. The minimum Gasteiger partial charge on any atom is -0.354 e. The van der Waals surface area contributed by atoms with Gasteiger partial charge in [0.2, 0.25) is 5.01 Å². The normalized spacial score (nSPS) is 14.8. The average Bonchev–Trinajstić information content (AvgIpc) is 3.20. The van der Waals surface area contributed by atoms with Crippen molar-refractivity contribution in [3.05, 3.63) is 62.9 Å². The summed E-state index contributed by atoms with van der Waals surface area (Å²) in [6, 6.07) is 9.62. The molecule has 0 spiro atoms. The molecule has 150 valence electrons. The number of aromatic nitrogens is 3. The number of carbonyl (C=O) groups is 1. The van der Waals surface area contributed by atoms with E-state index in [-0.39, 0.29) is 11.7 Å². The van der Waals surface area contributed by atoms with E-state index in [2.05, 4.69) is 46.2 Å². The third-order valence-corrected chi connectivity index (χ3v) is 5.91. The first-order valence-corrected chi connectivity index (χ1v) is 10.7. The molecule has 1 aliphatic heterocycles. The van der Waals surface area contributed by atoms with E-state index in [1.54, 1.807) is 0 Å². The Bertz CT molecular complexity index is 973. The van der Waals surface area contributed by atoms with Crippen LogP contribution in [0.2, 0.25) is 0 Å². The Morgan fingerprint density at radius 3 is 2.55 bits per heavy atom. The summed E-state index contributed by atoms with van der Waals surface area (Å²) in [6.07, 6.45) is 1.81. The molecule has 0 bridgehead atoms. The van der Waals surface area contributed by atoms with E-state index in [4.69, 9.17) is 0 Å². The number of hydrogen-bond donors (Lipinski definition) is 1. The Labute approximate surface area is 179 Å². The minimum atomic E-state index is -0.350. The molecule has 7 nitrogen and oxygen atoms in total. The van der Waals surface area contributed by atoms with Gasteiger partial charge in [0.05, 0.1) is 6.54 Å². The lowest BCUT2D eigenvalue weighted by Crippen LogP contribution is -2.46. The maximum atomic E-state index is 13.0. The zero-order valence-electron chi connectivity index (χ0n) is 15.4. The number of nitrogens with zero attached hydrogens (tertiary/aromatic N) is 5. The number of amides is 1. The fourth-order valence-electron chi connectivity index (χ4n) is 3.01. The number of anilines is 2. The summed E-state index contributed by atoms with van der Waals surface area (Å²) >= 11 is 4.68. The van der Waals surface area contributed by atoms with Crippen LogP contribution in [0.5, 0.6) is 0 Å². The molecule has 0 atom stereocenters. The Hall–Kier alpha value is -2.43. The maximum absolute atomic E-state index is 13.0. The van der Waals surface area contributed by atoms with Gasteiger partial charge < -0.3 is 10.2 Å². The average molecular weight is 477 g/mol. The van der Waals surface area contributed by atoms with Crippen LogP contribution in [0.25, 0.3) is 0 Å². The van der Waals surface area contributed by atoms with Crippen LogP contribution in [-0.2, 0) is 6.54 Å². The number of pyridine rings is 1. The molecule has 10 heteroatoms. The first kappa shape index (κ1) is 19.9. The van der Waals surface area contributed by atoms with Crippen molar-refractivity contribution in [3.63, 3.8) is 0 Å². The number of rotatable bonds is 5. The summed E-state index contributed by atoms with van der Waals surface area (Å²) in [5.41, 5.74) is 0.519. The smallest absolute Gasteiger partial charge is 0.286 e. The molecule has 0 aliphatic carbocycles. The predicted octanol–water partition coefficient (Wildman–Crippen LogP) is 3.41. The minimum absolute atomic E-state index is 0.294. The molecule has 29 heavy (non-hydrogen) atoms. The van der Waals surface area contributed by atoms with Gasteiger partial charge in [0.25, 0.3) is 5.91 Å². The molecular weight excluding hydrogens is 459 g/mol. The van der Waals surface area contributed by atoms with Gasteiger partial charge in [-0.1, -0.05) is 11.3 Å². The summed E-state index contributed by atoms with van der Waals surface area (Å²) in [5, 5.41) is 11.9. The number of benzene rings is 1. The molecule has 3 aromatic rings. The fraction of sp³-hybridized carbons (Fsp3) is 0.263. The standard InChI is InChI=1S/C19H18BrFN6OS/c20-13-1-6-16(22-11-13)27-9-7-26(8-10-27)12-17-24-25-19(29-17)18(28)23-15-4-2-14(21)3-5-15/h1-6,11H,7-10,12H2,(H,23,28). The molecule has 0 unspecified atom stereocenters. The van der Waals surface area contributed by atoms with Gasteiger partial charge in [0, 0.05) is 42.5 Å². The zero-order chi connectivity index (χ0) is 20.2. The van der Waals surface area contributed by atoms with Crippen molar-refractivity contribution in [3.8, 4) is 0 Å². The molecule has 1 N–H and O–H groups in total. The van der Waals surface area contributed by atoms with Crippen LogP contribution >= 0.6 is 27.3 Å². The second-order valence-corrected chi connectivity index (χ2v) is 8.54. The summed E-state index contributed by atoms with van der Waals surface area (Å²) in [7, 11) is 0. The molecule has 0 saturated carbocycles. The van der Waals surface area contributed by atoms with Crippen LogP contribution < -0.4 is 10.2 Å². The van der Waals surface area contributed by atoms with Crippen molar-refractivity contribution in [2.45, 2.75) is 6.54 Å². The van der Waals surface area contributed by atoms with E-state index in [1.807, 2.05) is 18.3 Å². The molecule has 1 fully saturated rings. The summed E-state index contributed by atoms with van der Waals surface area (Å²) in [4.78, 5) is 21.3. The second-order valence-electron chi connectivity index (χ2n) is 6.56. The molecule has 1 saturated heterocycles. The van der Waals surface area contributed by atoms with E-state index in [1.165, 1.54) is 35.6 Å². The van der Waals surface area contributed by atoms with Crippen molar-refractivity contribution >= 4 is 44.7 Å². The topological polar surface area (TPSA) is 74.2 Å². The lowest BCUT2D eigenvalue weighted by atomic mass is 10.3. The Balaban J connectivity index is 1.29. The molecule has 2 aromatic heterocycles. The molecule has 3 heterocycles. The molecule has 4 rings (SSSR count).